The van der Waals surface area contributed by atoms with Crippen molar-refractivity contribution < 1.29 is 19.4 Å². The van der Waals surface area contributed by atoms with Crippen LogP contribution in [0.1, 0.15) is 26.3 Å². The van der Waals surface area contributed by atoms with Crippen molar-refractivity contribution in [1.29, 1.82) is 0 Å². The van der Waals surface area contributed by atoms with Gasteiger partial charge in [0.2, 0.25) is 0 Å². The second-order valence-electron chi connectivity index (χ2n) is 6.27. The summed E-state index contributed by atoms with van der Waals surface area (Å²) < 4.78 is 4.69. The van der Waals surface area contributed by atoms with Crippen molar-refractivity contribution in [1.82, 2.24) is 4.90 Å². The van der Waals surface area contributed by atoms with E-state index in [2.05, 4.69) is 0 Å². The molecule has 1 atom stereocenters. The van der Waals surface area contributed by atoms with Gasteiger partial charge in [-0.25, -0.2) is 4.79 Å². The Morgan fingerprint density at radius 2 is 1.76 bits per heavy atom. The van der Waals surface area contributed by atoms with Crippen LogP contribution in [0.5, 0.6) is 5.75 Å². The minimum atomic E-state index is -0.382. The van der Waals surface area contributed by atoms with Crippen molar-refractivity contribution >= 4 is 11.8 Å². The minimum absolute atomic E-state index is 0.0124. The molecule has 2 aromatic carbocycles. The number of Topliss-reactive ketones (excluding diaryl/α,β-unsaturated/α-hetero) is 1. The van der Waals surface area contributed by atoms with Crippen molar-refractivity contribution in [3.05, 3.63) is 65.2 Å². The van der Waals surface area contributed by atoms with Crippen molar-refractivity contribution in [3.8, 4) is 5.75 Å². The highest BCUT2D eigenvalue weighted by molar-refractivity contribution is 5.98. The van der Waals surface area contributed by atoms with E-state index in [-0.39, 0.29) is 23.4 Å². The summed E-state index contributed by atoms with van der Waals surface area (Å²) in [4.78, 5) is 26.3. The predicted octanol–water partition coefficient (Wildman–Crippen LogP) is 2.78. The molecule has 0 amide bonds. The zero-order valence-corrected chi connectivity index (χ0v) is 14.7. The van der Waals surface area contributed by atoms with Crippen LogP contribution in [0.4, 0.5) is 0 Å². The molecule has 25 heavy (non-hydrogen) atoms. The number of phenols is 1. The maximum Gasteiger partial charge on any atom is 0.337 e. The van der Waals surface area contributed by atoms with Crippen LogP contribution in [-0.2, 0) is 11.2 Å². The number of ether oxygens (including phenoxy) is 1. The molecule has 0 aliphatic rings. The molecule has 1 N–H and O–H groups in total. The first-order valence-electron chi connectivity index (χ1n) is 8.06. The first kappa shape index (κ1) is 18.7. The van der Waals surface area contributed by atoms with Crippen molar-refractivity contribution in [2.24, 2.45) is 5.92 Å². The summed E-state index contributed by atoms with van der Waals surface area (Å²) in [6, 6.07) is 13.5. The number of nitrogens with zero attached hydrogens (tertiary/aromatic N) is 1. The lowest BCUT2D eigenvalue weighted by Crippen LogP contribution is -2.29. The molecule has 0 aliphatic heterocycles. The highest BCUT2D eigenvalue weighted by Gasteiger charge is 2.22. The normalized spacial score (nSPS) is 12.0. The van der Waals surface area contributed by atoms with Gasteiger partial charge in [-0.05, 0) is 50.3 Å². The summed E-state index contributed by atoms with van der Waals surface area (Å²) in [5.74, 6) is -0.563. The SMILES string of the molecule is COC(=O)c1ccc(CC(CN(C)C)C(=O)c2cccc(O)c2)cc1. The standard InChI is InChI=1S/C20H23NO4/c1-21(2)13-17(19(23)16-5-4-6-18(22)12-16)11-14-7-9-15(10-8-14)20(24)25-3/h4-10,12,17,22H,11,13H2,1-3H3. The monoisotopic (exact) mass is 341 g/mol. The quantitative estimate of drug-likeness (QED) is 0.620. The van der Waals surface area contributed by atoms with Gasteiger partial charge >= 0.3 is 5.97 Å². The predicted molar refractivity (Wildman–Crippen MR) is 96.0 cm³/mol. The topological polar surface area (TPSA) is 66.8 Å². The molecule has 0 saturated carbocycles. The Hall–Kier alpha value is -2.66. The maximum atomic E-state index is 12.8. The van der Waals surface area contributed by atoms with E-state index in [4.69, 9.17) is 4.74 Å². The van der Waals surface area contributed by atoms with E-state index in [0.29, 0.717) is 24.1 Å². The molecule has 2 aromatic rings. The lowest BCUT2D eigenvalue weighted by molar-refractivity contribution is 0.0600. The third kappa shape index (κ3) is 5.16. The minimum Gasteiger partial charge on any atom is -0.508 e. The third-order valence-electron chi connectivity index (χ3n) is 3.94. The number of hydrogen-bond donors (Lipinski definition) is 1. The summed E-state index contributed by atoms with van der Waals surface area (Å²) in [5, 5.41) is 9.61. The number of benzene rings is 2. The molecular formula is C20H23NO4. The number of rotatable bonds is 7. The Morgan fingerprint density at radius 1 is 1.08 bits per heavy atom. The van der Waals surface area contributed by atoms with Crippen LogP contribution in [-0.4, -0.2) is 49.5 Å². The average Bonchev–Trinajstić information content (AvgIpc) is 2.60. The lowest BCUT2D eigenvalue weighted by Gasteiger charge is -2.20. The summed E-state index contributed by atoms with van der Waals surface area (Å²) in [6.07, 6.45) is 0.550. The molecule has 0 radical (unpaired) electrons. The number of aromatic hydroxyl groups is 1. The zero-order chi connectivity index (χ0) is 18.4. The van der Waals surface area contributed by atoms with E-state index in [1.54, 1.807) is 30.3 Å². The van der Waals surface area contributed by atoms with Crippen molar-refractivity contribution in [3.63, 3.8) is 0 Å². The molecule has 5 heteroatoms. The first-order valence-corrected chi connectivity index (χ1v) is 8.06. The van der Waals surface area contributed by atoms with E-state index in [9.17, 15) is 14.7 Å². The number of hydrogen-bond acceptors (Lipinski definition) is 5. The van der Waals surface area contributed by atoms with Gasteiger partial charge in [0.05, 0.1) is 12.7 Å². The van der Waals surface area contributed by atoms with Crippen LogP contribution >= 0.6 is 0 Å². The van der Waals surface area contributed by atoms with Gasteiger partial charge in [-0.3, -0.25) is 4.79 Å². The molecule has 2 rings (SSSR count). The molecule has 0 heterocycles. The number of esters is 1. The summed E-state index contributed by atoms with van der Waals surface area (Å²) in [7, 11) is 5.18. The molecule has 0 bridgehead atoms. The fourth-order valence-corrected chi connectivity index (χ4v) is 2.76. The van der Waals surface area contributed by atoms with Crippen LogP contribution in [0.15, 0.2) is 48.5 Å². The van der Waals surface area contributed by atoms with Crippen molar-refractivity contribution in [2.45, 2.75) is 6.42 Å². The molecule has 132 valence electrons. The van der Waals surface area contributed by atoms with Gasteiger partial charge in [0.25, 0.3) is 0 Å². The molecule has 0 fully saturated rings. The second-order valence-corrected chi connectivity index (χ2v) is 6.27. The highest BCUT2D eigenvalue weighted by atomic mass is 16.5. The lowest BCUT2D eigenvalue weighted by atomic mass is 9.90. The average molecular weight is 341 g/mol. The van der Waals surface area contributed by atoms with Gasteiger partial charge in [0.1, 0.15) is 5.75 Å². The zero-order valence-electron chi connectivity index (χ0n) is 14.7. The molecule has 0 spiro atoms. The number of ketones is 1. The van der Waals surface area contributed by atoms with Gasteiger partial charge < -0.3 is 14.7 Å². The Morgan fingerprint density at radius 3 is 2.32 bits per heavy atom. The fourth-order valence-electron chi connectivity index (χ4n) is 2.76. The first-order chi connectivity index (χ1) is 11.9. The van der Waals surface area contributed by atoms with E-state index in [1.807, 2.05) is 31.1 Å². The largest absolute Gasteiger partial charge is 0.508 e. The van der Waals surface area contributed by atoms with E-state index in [1.165, 1.54) is 13.2 Å². The van der Waals surface area contributed by atoms with E-state index >= 15 is 0 Å². The van der Waals surface area contributed by atoms with Crippen molar-refractivity contribution in [2.75, 3.05) is 27.7 Å². The highest BCUT2D eigenvalue weighted by Crippen LogP contribution is 2.19. The van der Waals surface area contributed by atoms with Crippen LogP contribution in [0.3, 0.4) is 0 Å². The van der Waals surface area contributed by atoms with Gasteiger partial charge in [-0.1, -0.05) is 24.3 Å². The maximum absolute atomic E-state index is 12.8. The number of carbonyl (C=O) groups is 2. The van der Waals surface area contributed by atoms with Crippen LogP contribution in [0.25, 0.3) is 0 Å². The number of methoxy groups -OCH3 is 1. The Kier molecular flexibility index (Phi) is 6.31. The summed E-state index contributed by atoms with van der Waals surface area (Å²) >= 11 is 0. The molecule has 1 unspecified atom stereocenters. The van der Waals surface area contributed by atoms with E-state index in [0.717, 1.165) is 5.56 Å². The Balaban J connectivity index is 2.20. The Bertz CT molecular complexity index is 738. The summed E-state index contributed by atoms with van der Waals surface area (Å²) in [6.45, 7) is 0.591. The second kappa shape index (κ2) is 8.44. The van der Waals surface area contributed by atoms with Gasteiger partial charge in [0.15, 0.2) is 5.78 Å². The Labute approximate surface area is 147 Å². The third-order valence-corrected chi connectivity index (χ3v) is 3.94. The van der Waals surface area contributed by atoms with E-state index < -0.39 is 0 Å². The molecular weight excluding hydrogens is 318 g/mol. The molecule has 0 aliphatic carbocycles. The summed E-state index contributed by atoms with van der Waals surface area (Å²) in [5.41, 5.74) is 1.95. The number of carbonyl (C=O) groups excluding carboxylic acids is 2. The fraction of sp³-hybridized carbons (Fsp3) is 0.300. The van der Waals surface area contributed by atoms with Gasteiger partial charge in [0, 0.05) is 18.0 Å². The van der Waals surface area contributed by atoms with Gasteiger partial charge in [-0.2, -0.15) is 0 Å². The van der Waals surface area contributed by atoms with Crippen LogP contribution in [0.2, 0.25) is 0 Å². The van der Waals surface area contributed by atoms with Gasteiger partial charge in [-0.15, -0.1) is 0 Å². The molecule has 0 saturated heterocycles. The molecule has 0 aromatic heterocycles. The smallest absolute Gasteiger partial charge is 0.337 e. The van der Waals surface area contributed by atoms with Crippen LogP contribution in [0, 0.1) is 5.92 Å². The number of phenolic OH excluding ortho intramolecular Hbond substituents is 1. The molecule has 5 nitrogen and oxygen atoms in total. The van der Waals surface area contributed by atoms with Crippen LogP contribution < -0.4 is 0 Å².